The van der Waals surface area contributed by atoms with Crippen LogP contribution < -0.4 is 9.47 Å². The molecule has 1 N–H and O–H groups in total. The van der Waals surface area contributed by atoms with Gasteiger partial charge in [-0.3, -0.25) is 14.6 Å². The molecule has 0 amide bonds. The molecule has 2 aromatic carbocycles. The van der Waals surface area contributed by atoms with Crippen LogP contribution in [0.25, 0.3) is 0 Å². The third-order valence-corrected chi connectivity index (χ3v) is 8.14. The second-order valence-electron chi connectivity index (χ2n) is 11.9. The van der Waals surface area contributed by atoms with Crippen molar-refractivity contribution in [3.8, 4) is 11.5 Å². The van der Waals surface area contributed by atoms with Gasteiger partial charge in [-0.2, -0.15) is 0 Å². The van der Waals surface area contributed by atoms with Crippen LogP contribution in [0.15, 0.2) is 69.4 Å². The maximum atomic E-state index is 13.5. The molecule has 8 nitrogen and oxygen atoms in total. The van der Waals surface area contributed by atoms with Crippen LogP contribution in [0, 0.1) is 5.41 Å². The van der Waals surface area contributed by atoms with Gasteiger partial charge < -0.3 is 19.1 Å². The van der Waals surface area contributed by atoms with Crippen molar-refractivity contribution >= 4 is 17.3 Å². The minimum Gasteiger partial charge on any atom is -0.511 e. The maximum Gasteiger partial charge on any atom is 0.168 e. The third kappa shape index (κ3) is 6.32. The van der Waals surface area contributed by atoms with Gasteiger partial charge in [0.05, 0.1) is 31.1 Å². The number of ether oxygens (including phenoxy) is 2. The quantitative estimate of drug-likeness (QED) is 0.233. The summed E-state index contributed by atoms with van der Waals surface area (Å²) in [4.78, 5) is 31.2. The highest BCUT2D eigenvalue weighted by Gasteiger charge is 2.37. The van der Waals surface area contributed by atoms with Crippen LogP contribution in [0.2, 0.25) is 0 Å². The van der Waals surface area contributed by atoms with Crippen LogP contribution in [0.1, 0.15) is 78.4 Å². The number of carbonyl (C=O) groups excluding carboxylic acids is 2. The molecule has 220 valence electrons. The maximum absolute atomic E-state index is 13.5. The standard InChI is InChI=1S/C34H38N2O6/c1-34(2)19-28(39)33-24(36-42-31(33)20-34)11-12-26(37)32-25(17-23(18-27(32)38)22-8-6-5-7-9-22)35-15-14-21-10-13-29(40-3)30(16-21)41-4/h5-10,13,16,23,37H,11-12,14-15,17-20H2,1-4H3/b32-26-,35-25?. The van der Waals surface area contributed by atoms with E-state index in [9.17, 15) is 14.7 Å². The highest BCUT2D eigenvalue weighted by Crippen LogP contribution is 2.37. The van der Waals surface area contributed by atoms with E-state index in [4.69, 9.17) is 19.0 Å². The summed E-state index contributed by atoms with van der Waals surface area (Å²) in [7, 11) is 3.20. The number of aryl methyl sites for hydroxylation is 1. The zero-order valence-electron chi connectivity index (χ0n) is 24.7. The molecule has 0 saturated heterocycles. The Bertz CT molecular complexity index is 1530. The number of rotatable bonds is 9. The summed E-state index contributed by atoms with van der Waals surface area (Å²) in [6.45, 7) is 4.52. The van der Waals surface area contributed by atoms with Gasteiger partial charge in [-0.25, -0.2) is 0 Å². The molecule has 42 heavy (non-hydrogen) atoms. The highest BCUT2D eigenvalue weighted by atomic mass is 16.5. The average Bonchev–Trinajstić information content (AvgIpc) is 3.38. The summed E-state index contributed by atoms with van der Waals surface area (Å²) < 4.78 is 16.3. The Morgan fingerprint density at radius 2 is 1.76 bits per heavy atom. The lowest BCUT2D eigenvalue weighted by Crippen LogP contribution is -2.27. The van der Waals surface area contributed by atoms with Gasteiger partial charge in [0.25, 0.3) is 0 Å². The number of allylic oxidation sites excluding steroid dienone is 2. The van der Waals surface area contributed by atoms with Crippen LogP contribution in [-0.2, 0) is 24.1 Å². The lowest BCUT2D eigenvalue weighted by atomic mass is 9.76. The van der Waals surface area contributed by atoms with E-state index in [-0.39, 0.29) is 35.1 Å². The molecule has 0 radical (unpaired) electrons. The normalized spacial score (nSPS) is 20.4. The van der Waals surface area contributed by atoms with Crippen molar-refractivity contribution in [1.82, 2.24) is 5.16 Å². The largest absolute Gasteiger partial charge is 0.511 e. The van der Waals surface area contributed by atoms with Crippen LogP contribution in [-0.4, -0.2) is 48.3 Å². The first kappa shape index (κ1) is 29.3. The Hall–Kier alpha value is -4.20. The molecular weight excluding hydrogens is 532 g/mol. The first-order chi connectivity index (χ1) is 20.2. The first-order valence-electron chi connectivity index (χ1n) is 14.4. The van der Waals surface area contributed by atoms with E-state index in [2.05, 4.69) is 5.16 Å². The highest BCUT2D eigenvalue weighted by molar-refractivity contribution is 6.24. The fourth-order valence-corrected chi connectivity index (χ4v) is 6.03. The van der Waals surface area contributed by atoms with E-state index < -0.39 is 0 Å². The molecule has 0 spiro atoms. The number of hydrogen-bond donors (Lipinski definition) is 1. The Balaban J connectivity index is 1.38. The second kappa shape index (κ2) is 12.3. The molecule has 1 saturated carbocycles. The monoisotopic (exact) mass is 570 g/mol. The summed E-state index contributed by atoms with van der Waals surface area (Å²) in [5, 5.41) is 15.4. The number of methoxy groups -OCH3 is 2. The number of fused-ring (bicyclic) bond motifs is 1. The van der Waals surface area contributed by atoms with E-state index >= 15 is 0 Å². The van der Waals surface area contributed by atoms with E-state index in [1.54, 1.807) is 14.2 Å². The van der Waals surface area contributed by atoms with Gasteiger partial charge >= 0.3 is 0 Å². The summed E-state index contributed by atoms with van der Waals surface area (Å²) in [5.74, 6) is 1.77. The Kier molecular flexibility index (Phi) is 8.61. The second-order valence-corrected chi connectivity index (χ2v) is 11.9. The van der Waals surface area contributed by atoms with Gasteiger partial charge in [-0.05, 0) is 47.4 Å². The Morgan fingerprint density at radius 1 is 1.00 bits per heavy atom. The molecule has 3 aromatic rings. The smallest absolute Gasteiger partial charge is 0.168 e. The average molecular weight is 571 g/mol. The number of ketones is 2. The summed E-state index contributed by atoms with van der Waals surface area (Å²) >= 11 is 0. The number of aromatic nitrogens is 1. The molecule has 1 aromatic heterocycles. The molecule has 1 unspecified atom stereocenters. The van der Waals surface area contributed by atoms with E-state index in [1.165, 1.54) is 0 Å². The van der Waals surface area contributed by atoms with Crippen LogP contribution in [0.4, 0.5) is 0 Å². The zero-order valence-corrected chi connectivity index (χ0v) is 24.7. The van der Waals surface area contributed by atoms with Crippen LogP contribution in [0.5, 0.6) is 11.5 Å². The third-order valence-electron chi connectivity index (χ3n) is 8.14. The number of hydrogen-bond acceptors (Lipinski definition) is 8. The minimum absolute atomic E-state index is 0.0152. The van der Waals surface area contributed by atoms with Crippen molar-refractivity contribution in [3.05, 3.63) is 88.0 Å². The predicted octanol–water partition coefficient (Wildman–Crippen LogP) is 6.42. The van der Waals surface area contributed by atoms with Gasteiger partial charge in [0, 0.05) is 44.4 Å². The predicted molar refractivity (Wildman–Crippen MR) is 160 cm³/mol. The molecule has 1 atom stereocenters. The number of aliphatic hydroxyl groups excluding tert-OH is 1. The zero-order chi connectivity index (χ0) is 29.9. The number of aliphatic hydroxyl groups is 1. The molecule has 0 bridgehead atoms. The molecule has 1 heterocycles. The SMILES string of the molecule is COc1ccc(CCN=C2CC(c3ccccc3)CC(=O)/C2=C(\O)CCc2noc3c2C(=O)CC(C)(C)C3)cc1OC. The van der Waals surface area contributed by atoms with Gasteiger partial charge in [0.2, 0.25) is 0 Å². The molecule has 1 fully saturated rings. The van der Waals surface area contributed by atoms with Crippen molar-refractivity contribution in [1.29, 1.82) is 0 Å². The summed E-state index contributed by atoms with van der Waals surface area (Å²) in [6.07, 6.45) is 3.02. The fraction of sp³-hybridized carbons (Fsp3) is 0.412. The summed E-state index contributed by atoms with van der Waals surface area (Å²) in [6, 6.07) is 15.7. The number of Topliss-reactive ketones (excluding diaryl/α,β-unsaturated/α-hetero) is 2. The van der Waals surface area contributed by atoms with Crippen molar-refractivity contribution in [2.24, 2.45) is 10.4 Å². The van der Waals surface area contributed by atoms with Crippen molar-refractivity contribution in [2.75, 3.05) is 20.8 Å². The number of benzene rings is 2. The topological polar surface area (TPSA) is 111 Å². The van der Waals surface area contributed by atoms with Crippen molar-refractivity contribution < 1.29 is 28.7 Å². The van der Waals surface area contributed by atoms with Gasteiger partial charge in [0.15, 0.2) is 23.1 Å². The van der Waals surface area contributed by atoms with Gasteiger partial charge in [-0.15, -0.1) is 0 Å². The molecule has 2 aliphatic rings. The number of nitrogens with zero attached hydrogens (tertiary/aromatic N) is 2. The first-order valence-corrected chi connectivity index (χ1v) is 14.4. The van der Waals surface area contributed by atoms with Gasteiger partial charge in [-0.1, -0.05) is 55.4 Å². The lowest BCUT2D eigenvalue weighted by molar-refractivity contribution is -0.116. The molecule has 5 rings (SSSR count). The number of carbonyl (C=O) groups is 2. The Labute approximate surface area is 246 Å². The molecular formula is C34H38N2O6. The Morgan fingerprint density at radius 3 is 2.50 bits per heavy atom. The number of aliphatic imine (C=N–C) groups is 1. The lowest BCUT2D eigenvalue weighted by Gasteiger charge is -2.27. The van der Waals surface area contributed by atoms with Gasteiger partial charge in [0.1, 0.15) is 11.5 Å². The van der Waals surface area contributed by atoms with E-state index in [1.807, 2.05) is 62.4 Å². The van der Waals surface area contributed by atoms with E-state index in [0.717, 1.165) is 11.1 Å². The van der Waals surface area contributed by atoms with Crippen molar-refractivity contribution in [2.45, 2.75) is 64.7 Å². The fourth-order valence-electron chi connectivity index (χ4n) is 6.03. The molecule has 0 aliphatic heterocycles. The van der Waals surface area contributed by atoms with E-state index in [0.29, 0.717) is 84.9 Å². The van der Waals surface area contributed by atoms with Crippen molar-refractivity contribution in [3.63, 3.8) is 0 Å². The van der Waals surface area contributed by atoms with Crippen LogP contribution >= 0.6 is 0 Å². The van der Waals surface area contributed by atoms with Crippen LogP contribution in [0.3, 0.4) is 0 Å². The molecule has 2 aliphatic carbocycles. The summed E-state index contributed by atoms with van der Waals surface area (Å²) in [5.41, 5.74) is 3.91. The molecule has 8 heteroatoms. The minimum atomic E-state index is -0.170.